The molecule has 1 fully saturated rings. The molecule has 0 bridgehead atoms. The molecule has 1 aliphatic heterocycles. The number of benzene rings is 2. The fraction of sp³-hybridized carbons (Fsp3) is 0.357. The molecule has 2 N–H and O–H groups in total. The molecule has 0 aliphatic carbocycles. The lowest BCUT2D eigenvalue weighted by Gasteiger charge is -2.40. The van der Waals surface area contributed by atoms with Gasteiger partial charge in [0.15, 0.2) is 0 Å². The van der Waals surface area contributed by atoms with Crippen molar-refractivity contribution in [2.75, 3.05) is 31.1 Å². The van der Waals surface area contributed by atoms with Crippen LogP contribution < -0.4 is 10.6 Å². The molecule has 2 amide bonds. The van der Waals surface area contributed by atoms with E-state index >= 15 is 4.39 Å². The first-order valence-electron chi connectivity index (χ1n) is 12.4. The highest BCUT2D eigenvalue weighted by molar-refractivity contribution is 7.07. The van der Waals surface area contributed by atoms with Crippen molar-refractivity contribution in [2.24, 2.45) is 5.73 Å². The summed E-state index contributed by atoms with van der Waals surface area (Å²) < 4.78 is 15.3. The summed E-state index contributed by atoms with van der Waals surface area (Å²) in [5.74, 6) is -1.20. The molecule has 0 unspecified atom stereocenters. The second kappa shape index (κ2) is 11.7. The van der Waals surface area contributed by atoms with Crippen molar-refractivity contribution < 1.29 is 14.0 Å². The van der Waals surface area contributed by atoms with E-state index in [1.165, 1.54) is 17.7 Å². The number of primary amides is 1. The predicted octanol–water partition coefficient (Wildman–Crippen LogP) is 5.27. The summed E-state index contributed by atoms with van der Waals surface area (Å²) in [6, 6.07) is 13.8. The molecule has 2 heterocycles. The van der Waals surface area contributed by atoms with E-state index in [0.29, 0.717) is 18.7 Å². The Bertz CT molecular complexity index is 1170. The minimum Gasteiger partial charge on any atom is -0.366 e. The number of nitrogens with two attached hydrogens (primary N) is 1. The monoisotopic (exact) mass is 508 g/mol. The number of hydrogen-bond acceptors (Lipinski definition) is 5. The number of nitrogens with zero attached hydrogens (tertiary/aromatic N) is 3. The third kappa shape index (κ3) is 5.60. The Morgan fingerprint density at radius 1 is 1.06 bits per heavy atom. The average molecular weight is 509 g/mol. The van der Waals surface area contributed by atoms with Gasteiger partial charge in [0, 0.05) is 50.0 Å². The van der Waals surface area contributed by atoms with Crippen LogP contribution >= 0.6 is 11.3 Å². The molecule has 0 radical (unpaired) electrons. The maximum absolute atomic E-state index is 15.3. The fourth-order valence-corrected chi connectivity index (χ4v) is 5.58. The highest BCUT2D eigenvalue weighted by Crippen LogP contribution is 2.36. The van der Waals surface area contributed by atoms with E-state index in [1.54, 1.807) is 34.4 Å². The van der Waals surface area contributed by atoms with Crippen molar-refractivity contribution in [3.05, 3.63) is 81.8 Å². The summed E-state index contributed by atoms with van der Waals surface area (Å²) in [5, 5.41) is 4.25. The Kier molecular flexibility index (Phi) is 8.38. The van der Waals surface area contributed by atoms with Crippen LogP contribution in [0, 0.1) is 5.82 Å². The first kappa shape index (κ1) is 25.9. The van der Waals surface area contributed by atoms with Gasteiger partial charge in [-0.2, -0.15) is 11.3 Å². The zero-order valence-electron chi connectivity index (χ0n) is 20.8. The smallest absolute Gasteiger partial charge is 0.253 e. The number of carbonyl (C=O) groups is 2. The van der Waals surface area contributed by atoms with Crippen LogP contribution in [0.5, 0.6) is 0 Å². The van der Waals surface area contributed by atoms with Crippen LogP contribution in [0.25, 0.3) is 0 Å². The molecular weight excluding hydrogens is 475 g/mol. The molecule has 4 rings (SSSR count). The fourth-order valence-electron chi connectivity index (χ4n) is 4.92. The van der Waals surface area contributed by atoms with Crippen LogP contribution in [-0.4, -0.2) is 53.8 Å². The lowest BCUT2D eigenvalue weighted by Crippen LogP contribution is -2.43. The molecule has 8 heteroatoms. The van der Waals surface area contributed by atoms with E-state index in [0.717, 1.165) is 38.2 Å². The zero-order valence-corrected chi connectivity index (χ0v) is 21.6. The average Bonchev–Trinajstić information content (AvgIpc) is 3.40. The lowest BCUT2D eigenvalue weighted by atomic mass is 9.98. The number of rotatable bonds is 9. The molecule has 36 heavy (non-hydrogen) atoms. The highest BCUT2D eigenvalue weighted by atomic mass is 32.1. The van der Waals surface area contributed by atoms with Crippen molar-refractivity contribution in [1.29, 1.82) is 0 Å². The first-order chi connectivity index (χ1) is 17.4. The Hall–Kier alpha value is -3.23. The molecule has 2 aromatic carbocycles. The third-order valence-corrected chi connectivity index (χ3v) is 7.58. The Morgan fingerprint density at radius 2 is 1.75 bits per heavy atom. The molecule has 0 saturated carbocycles. The van der Waals surface area contributed by atoms with Crippen LogP contribution in [-0.2, 0) is 6.54 Å². The molecule has 1 saturated heterocycles. The molecule has 190 valence electrons. The van der Waals surface area contributed by atoms with Gasteiger partial charge in [0.05, 0.1) is 11.3 Å². The number of likely N-dealkylation sites (tertiary alicyclic amines) is 1. The quantitative estimate of drug-likeness (QED) is 0.428. The topological polar surface area (TPSA) is 69.9 Å². The maximum atomic E-state index is 15.3. The minimum absolute atomic E-state index is 0.0249. The molecule has 1 aliphatic rings. The summed E-state index contributed by atoms with van der Waals surface area (Å²) in [7, 11) is 0. The van der Waals surface area contributed by atoms with E-state index in [9.17, 15) is 9.59 Å². The van der Waals surface area contributed by atoms with E-state index < -0.39 is 11.7 Å². The highest BCUT2D eigenvalue weighted by Gasteiger charge is 2.30. The van der Waals surface area contributed by atoms with Crippen molar-refractivity contribution in [3.8, 4) is 0 Å². The number of para-hydroxylation sites is 1. The van der Waals surface area contributed by atoms with Gasteiger partial charge >= 0.3 is 0 Å². The van der Waals surface area contributed by atoms with Crippen LogP contribution in [0.4, 0.5) is 15.8 Å². The molecule has 0 spiro atoms. The van der Waals surface area contributed by atoms with Crippen LogP contribution in [0.1, 0.15) is 53.0 Å². The van der Waals surface area contributed by atoms with Gasteiger partial charge in [0.2, 0.25) is 0 Å². The van der Waals surface area contributed by atoms with Gasteiger partial charge in [0.25, 0.3) is 11.8 Å². The van der Waals surface area contributed by atoms with Gasteiger partial charge < -0.3 is 15.5 Å². The number of piperidine rings is 1. The van der Waals surface area contributed by atoms with Crippen molar-refractivity contribution in [3.63, 3.8) is 0 Å². The number of anilines is 2. The largest absolute Gasteiger partial charge is 0.366 e. The van der Waals surface area contributed by atoms with Crippen LogP contribution in [0.3, 0.4) is 0 Å². The van der Waals surface area contributed by atoms with Gasteiger partial charge in [-0.05, 0) is 85.5 Å². The summed E-state index contributed by atoms with van der Waals surface area (Å²) in [6.45, 7) is 7.77. The normalized spacial score (nSPS) is 14.5. The Balaban J connectivity index is 1.65. The lowest BCUT2D eigenvalue weighted by molar-refractivity contribution is 0.0772. The van der Waals surface area contributed by atoms with Crippen molar-refractivity contribution >= 4 is 34.5 Å². The van der Waals surface area contributed by atoms with Gasteiger partial charge in [0.1, 0.15) is 5.82 Å². The summed E-state index contributed by atoms with van der Waals surface area (Å²) in [4.78, 5) is 31.2. The van der Waals surface area contributed by atoms with Crippen molar-refractivity contribution in [2.45, 2.75) is 39.3 Å². The molecular formula is C28H33FN4O2S. The zero-order chi connectivity index (χ0) is 25.7. The Labute approximate surface area is 216 Å². The Morgan fingerprint density at radius 3 is 2.33 bits per heavy atom. The SMILES string of the molecule is CCN(CC)C(=O)c1ccc(N(c2c(F)cccc2C(N)=O)C2CCN(Cc3ccsc3)CC2)cc1. The summed E-state index contributed by atoms with van der Waals surface area (Å²) in [6.07, 6.45) is 1.60. The van der Waals surface area contributed by atoms with E-state index in [2.05, 4.69) is 21.7 Å². The van der Waals surface area contributed by atoms with E-state index in [4.69, 9.17) is 5.73 Å². The number of amides is 2. The summed E-state index contributed by atoms with van der Waals surface area (Å²) in [5.41, 5.74) is 8.63. The maximum Gasteiger partial charge on any atom is 0.253 e. The standard InChI is InChI=1S/C28H33FN4O2S/c1-3-32(4-2)28(35)21-8-10-22(11-9-21)33(26-24(27(30)34)6-5-7-25(26)29)23-12-15-31(16-13-23)18-20-14-17-36-19-20/h5-11,14,17,19,23H,3-4,12-13,15-16,18H2,1-2H3,(H2,30,34). The van der Waals surface area contributed by atoms with Crippen LogP contribution in [0.2, 0.25) is 0 Å². The van der Waals surface area contributed by atoms with Gasteiger partial charge in [-0.1, -0.05) is 6.07 Å². The van der Waals surface area contributed by atoms with Crippen LogP contribution in [0.15, 0.2) is 59.3 Å². The molecule has 3 aromatic rings. The number of carbonyl (C=O) groups excluding carboxylic acids is 2. The molecule has 0 atom stereocenters. The van der Waals surface area contributed by atoms with Gasteiger partial charge in [-0.3, -0.25) is 14.5 Å². The second-order valence-corrected chi connectivity index (χ2v) is 9.81. The van der Waals surface area contributed by atoms with Gasteiger partial charge in [-0.15, -0.1) is 0 Å². The van der Waals surface area contributed by atoms with E-state index in [-0.39, 0.29) is 23.2 Å². The summed E-state index contributed by atoms with van der Waals surface area (Å²) >= 11 is 1.69. The number of halogens is 1. The minimum atomic E-state index is -0.669. The number of thiophene rings is 1. The third-order valence-electron chi connectivity index (χ3n) is 6.84. The predicted molar refractivity (Wildman–Crippen MR) is 143 cm³/mol. The second-order valence-electron chi connectivity index (χ2n) is 9.03. The first-order valence-corrected chi connectivity index (χ1v) is 13.4. The molecule has 1 aromatic heterocycles. The number of hydrogen-bond donors (Lipinski definition) is 1. The molecule has 6 nitrogen and oxygen atoms in total. The van der Waals surface area contributed by atoms with Gasteiger partial charge in [-0.25, -0.2) is 4.39 Å². The van der Waals surface area contributed by atoms with E-state index in [1.807, 2.05) is 30.9 Å². The van der Waals surface area contributed by atoms with Crippen molar-refractivity contribution in [1.82, 2.24) is 9.80 Å².